The van der Waals surface area contributed by atoms with E-state index in [1.54, 1.807) is 12.3 Å². The summed E-state index contributed by atoms with van der Waals surface area (Å²) >= 11 is 0. The van der Waals surface area contributed by atoms with E-state index < -0.39 is 21.7 Å². The first-order chi connectivity index (χ1) is 14.1. The first-order valence-corrected chi connectivity index (χ1v) is 11.4. The zero-order valence-corrected chi connectivity index (χ0v) is 17.7. The maximum atomic E-state index is 14.3. The Kier molecular flexibility index (Phi) is 6.45. The third-order valence-corrected chi connectivity index (χ3v) is 6.34. The molecule has 1 aliphatic rings. The highest BCUT2D eigenvalue weighted by atomic mass is 32.2. The van der Waals surface area contributed by atoms with Crippen LogP contribution in [-0.4, -0.2) is 62.4 Å². The number of hydrogen-bond donors (Lipinski definition) is 2. The number of aromatic nitrogens is 1. The van der Waals surface area contributed by atoms with Gasteiger partial charge in [0.1, 0.15) is 11.6 Å². The topological polar surface area (TPSA) is 103 Å². The van der Waals surface area contributed by atoms with Crippen molar-refractivity contribution in [2.45, 2.75) is 17.7 Å². The number of carboxylic acid groups (broad SMARTS) is 1. The summed E-state index contributed by atoms with van der Waals surface area (Å²) in [6.45, 7) is 1.85. The Bertz CT molecular complexity index is 1020. The predicted molar refractivity (Wildman–Crippen MR) is 113 cm³/mol. The second kappa shape index (κ2) is 8.86. The van der Waals surface area contributed by atoms with Gasteiger partial charge >= 0.3 is 6.09 Å². The molecular weight excluding hydrogens is 411 g/mol. The molecule has 162 valence electrons. The van der Waals surface area contributed by atoms with Crippen LogP contribution in [0.1, 0.15) is 12.8 Å². The molecule has 2 N–H and O–H groups in total. The normalized spacial score (nSPS) is 15.1. The molecule has 0 spiro atoms. The molecule has 10 heteroatoms. The molecule has 0 radical (unpaired) electrons. The molecule has 8 nitrogen and oxygen atoms in total. The fraction of sp³-hybridized carbons (Fsp3) is 0.400. The molecule has 0 bridgehead atoms. The van der Waals surface area contributed by atoms with Crippen LogP contribution >= 0.6 is 0 Å². The third kappa shape index (κ3) is 5.38. The number of pyridine rings is 1. The summed E-state index contributed by atoms with van der Waals surface area (Å²) in [5, 5.41) is 11.9. The minimum atomic E-state index is -3.48. The number of nitrogens with zero attached hydrogens (tertiary/aromatic N) is 3. The lowest BCUT2D eigenvalue weighted by molar-refractivity contribution is 0.125. The Morgan fingerprint density at radius 3 is 2.60 bits per heavy atom. The maximum absolute atomic E-state index is 14.3. The molecular formula is C20H25FN4O4S. The van der Waals surface area contributed by atoms with Crippen LogP contribution in [0.5, 0.6) is 0 Å². The Morgan fingerprint density at radius 2 is 2.00 bits per heavy atom. The minimum absolute atomic E-state index is 0.0825. The van der Waals surface area contributed by atoms with Crippen molar-refractivity contribution in [3.8, 4) is 0 Å². The average molecular weight is 437 g/mol. The van der Waals surface area contributed by atoms with Gasteiger partial charge < -0.3 is 20.2 Å². The van der Waals surface area contributed by atoms with E-state index in [1.165, 1.54) is 17.0 Å². The van der Waals surface area contributed by atoms with Crippen molar-refractivity contribution >= 4 is 33.1 Å². The molecule has 0 atom stereocenters. The summed E-state index contributed by atoms with van der Waals surface area (Å²) < 4.78 is 37.4. The lowest BCUT2D eigenvalue weighted by Gasteiger charge is -2.33. The largest absolute Gasteiger partial charge is 0.465 e. The molecule has 2 heterocycles. The number of sulfone groups is 1. The SMILES string of the molecule is CN(CC1CCN(C(=O)O)CC1)c1ccnc(Nc2ccc(S(C)(=O)=O)cc2F)c1. The lowest BCUT2D eigenvalue weighted by atomic mass is 9.96. The average Bonchev–Trinajstić information content (AvgIpc) is 2.69. The van der Waals surface area contributed by atoms with Gasteiger partial charge in [-0.1, -0.05) is 0 Å². The molecule has 2 aromatic rings. The Morgan fingerprint density at radius 1 is 1.30 bits per heavy atom. The van der Waals surface area contributed by atoms with Crippen molar-refractivity contribution in [1.29, 1.82) is 0 Å². The van der Waals surface area contributed by atoms with Crippen molar-refractivity contribution in [2.75, 3.05) is 43.2 Å². The van der Waals surface area contributed by atoms with Gasteiger partial charge in [-0.3, -0.25) is 0 Å². The van der Waals surface area contributed by atoms with E-state index in [-0.39, 0.29) is 10.6 Å². The second-order valence-electron chi connectivity index (χ2n) is 7.53. The Balaban J connectivity index is 1.65. The number of benzene rings is 1. The van der Waals surface area contributed by atoms with Crippen molar-refractivity contribution in [3.05, 3.63) is 42.3 Å². The van der Waals surface area contributed by atoms with E-state index in [0.29, 0.717) is 24.8 Å². The molecule has 3 rings (SSSR count). The summed E-state index contributed by atoms with van der Waals surface area (Å²) in [5.41, 5.74) is 1.03. The summed E-state index contributed by atoms with van der Waals surface area (Å²) in [6.07, 6.45) is 3.39. The van der Waals surface area contributed by atoms with Gasteiger partial charge in [0, 0.05) is 50.9 Å². The lowest BCUT2D eigenvalue weighted by Crippen LogP contribution is -2.40. The molecule has 0 saturated carbocycles. The third-order valence-electron chi connectivity index (χ3n) is 5.23. The molecule has 1 saturated heterocycles. The number of anilines is 3. The predicted octanol–water partition coefficient (Wildman–Crippen LogP) is 3.19. The van der Waals surface area contributed by atoms with E-state index >= 15 is 0 Å². The summed E-state index contributed by atoms with van der Waals surface area (Å²) in [4.78, 5) is 18.7. The zero-order chi connectivity index (χ0) is 21.9. The highest BCUT2D eigenvalue weighted by Gasteiger charge is 2.23. The smallest absolute Gasteiger partial charge is 0.407 e. The number of amides is 1. The molecule has 1 fully saturated rings. The highest BCUT2D eigenvalue weighted by molar-refractivity contribution is 7.90. The number of halogens is 1. The molecule has 1 aromatic heterocycles. The van der Waals surface area contributed by atoms with Crippen molar-refractivity contribution in [2.24, 2.45) is 5.92 Å². The standard InChI is InChI=1S/C20H25FN4O4S/c1-24(13-14-6-9-25(10-7-14)20(26)27)15-5-8-22-19(11-15)23-18-4-3-16(12-17(18)21)30(2,28)29/h3-5,8,11-12,14H,6-7,9-10,13H2,1-2H3,(H,22,23)(H,26,27). The number of hydrogen-bond acceptors (Lipinski definition) is 6. The van der Waals surface area contributed by atoms with Gasteiger partial charge in [-0.05, 0) is 43.0 Å². The molecule has 1 aliphatic heterocycles. The van der Waals surface area contributed by atoms with E-state index in [4.69, 9.17) is 5.11 Å². The van der Waals surface area contributed by atoms with Crippen LogP contribution in [0, 0.1) is 11.7 Å². The van der Waals surface area contributed by atoms with Crippen molar-refractivity contribution < 1.29 is 22.7 Å². The van der Waals surface area contributed by atoms with Gasteiger partial charge in [0.05, 0.1) is 10.6 Å². The van der Waals surface area contributed by atoms with Crippen molar-refractivity contribution in [1.82, 2.24) is 9.88 Å². The van der Waals surface area contributed by atoms with E-state index in [2.05, 4.69) is 15.2 Å². The number of piperidine rings is 1. The van der Waals surface area contributed by atoms with Gasteiger partial charge in [-0.2, -0.15) is 0 Å². The fourth-order valence-corrected chi connectivity index (χ4v) is 4.12. The van der Waals surface area contributed by atoms with Gasteiger partial charge in [-0.15, -0.1) is 0 Å². The zero-order valence-electron chi connectivity index (χ0n) is 16.9. The van der Waals surface area contributed by atoms with Gasteiger partial charge in [0.15, 0.2) is 9.84 Å². The number of carbonyl (C=O) groups is 1. The van der Waals surface area contributed by atoms with Crippen LogP contribution in [-0.2, 0) is 9.84 Å². The van der Waals surface area contributed by atoms with E-state index in [1.807, 2.05) is 13.1 Å². The molecule has 0 aliphatic carbocycles. The van der Waals surface area contributed by atoms with E-state index in [0.717, 1.165) is 37.4 Å². The first-order valence-electron chi connectivity index (χ1n) is 9.55. The van der Waals surface area contributed by atoms with Crippen LogP contribution in [0.2, 0.25) is 0 Å². The molecule has 0 unspecified atom stereocenters. The first kappa shape index (κ1) is 21.8. The monoisotopic (exact) mass is 436 g/mol. The summed E-state index contributed by atoms with van der Waals surface area (Å²) in [7, 11) is -1.53. The number of likely N-dealkylation sites (tertiary alicyclic amines) is 1. The van der Waals surface area contributed by atoms with Crippen molar-refractivity contribution in [3.63, 3.8) is 0 Å². The Hall–Kier alpha value is -2.88. The molecule has 1 amide bonds. The van der Waals surface area contributed by atoms with Crippen LogP contribution in [0.25, 0.3) is 0 Å². The van der Waals surface area contributed by atoms with Gasteiger partial charge in [-0.25, -0.2) is 22.6 Å². The van der Waals surface area contributed by atoms with Crippen LogP contribution < -0.4 is 10.2 Å². The maximum Gasteiger partial charge on any atom is 0.407 e. The van der Waals surface area contributed by atoms with Crippen LogP contribution in [0.15, 0.2) is 41.4 Å². The minimum Gasteiger partial charge on any atom is -0.465 e. The highest BCUT2D eigenvalue weighted by Crippen LogP contribution is 2.26. The van der Waals surface area contributed by atoms with Crippen LogP contribution in [0.3, 0.4) is 0 Å². The fourth-order valence-electron chi connectivity index (χ4n) is 3.49. The Labute approximate surface area is 175 Å². The van der Waals surface area contributed by atoms with Gasteiger partial charge in [0.2, 0.25) is 0 Å². The molecule has 30 heavy (non-hydrogen) atoms. The summed E-state index contributed by atoms with van der Waals surface area (Å²) in [6, 6.07) is 7.34. The van der Waals surface area contributed by atoms with E-state index in [9.17, 15) is 17.6 Å². The second-order valence-corrected chi connectivity index (χ2v) is 9.55. The van der Waals surface area contributed by atoms with Crippen LogP contribution in [0.4, 0.5) is 26.4 Å². The molecule has 1 aromatic carbocycles. The number of nitrogens with one attached hydrogen (secondary N) is 1. The summed E-state index contributed by atoms with van der Waals surface area (Å²) in [5.74, 6) is 0.144. The van der Waals surface area contributed by atoms with Gasteiger partial charge in [0.25, 0.3) is 0 Å². The quantitative estimate of drug-likeness (QED) is 0.717. The number of rotatable bonds is 6.